The van der Waals surface area contributed by atoms with Crippen molar-refractivity contribution < 1.29 is 23.9 Å². The number of ether oxygens (including phenoxy) is 2. The number of para-hydroxylation sites is 1. The highest BCUT2D eigenvalue weighted by molar-refractivity contribution is 6.35. The van der Waals surface area contributed by atoms with Crippen LogP contribution in [0.15, 0.2) is 84.0 Å². The van der Waals surface area contributed by atoms with Crippen LogP contribution in [0.1, 0.15) is 28.4 Å². The van der Waals surface area contributed by atoms with Crippen LogP contribution in [0.25, 0.3) is 0 Å². The predicted octanol–water partition coefficient (Wildman–Crippen LogP) is 3.07. The predicted molar refractivity (Wildman–Crippen MR) is 123 cm³/mol. The second-order valence-corrected chi connectivity index (χ2v) is 6.92. The van der Waals surface area contributed by atoms with Crippen molar-refractivity contribution in [2.45, 2.75) is 13.5 Å². The van der Waals surface area contributed by atoms with Gasteiger partial charge < -0.3 is 14.8 Å². The second kappa shape index (κ2) is 11.2. The fourth-order valence-electron chi connectivity index (χ4n) is 2.85. The van der Waals surface area contributed by atoms with Gasteiger partial charge in [-0.2, -0.15) is 5.10 Å². The van der Waals surface area contributed by atoms with E-state index in [1.54, 1.807) is 55.5 Å². The van der Waals surface area contributed by atoms with Crippen LogP contribution in [-0.2, 0) is 16.1 Å². The van der Waals surface area contributed by atoms with Crippen LogP contribution in [0.3, 0.4) is 0 Å². The molecule has 0 heterocycles. The fraction of sp³-hybridized carbons (Fsp3) is 0.120. The van der Waals surface area contributed by atoms with E-state index in [0.29, 0.717) is 28.3 Å². The SMILES string of the molecule is COc1ccccc1C(=O)Oc1ccc(/C(C)=N/NC(=O)C(=O)NCc2ccccc2)cc1. The van der Waals surface area contributed by atoms with Crippen molar-refractivity contribution in [3.05, 3.63) is 95.6 Å². The van der Waals surface area contributed by atoms with E-state index in [4.69, 9.17) is 9.47 Å². The largest absolute Gasteiger partial charge is 0.496 e. The smallest absolute Gasteiger partial charge is 0.347 e. The van der Waals surface area contributed by atoms with Gasteiger partial charge in [0, 0.05) is 6.54 Å². The average molecular weight is 445 g/mol. The third kappa shape index (κ3) is 6.51. The van der Waals surface area contributed by atoms with Gasteiger partial charge in [0.05, 0.1) is 12.8 Å². The van der Waals surface area contributed by atoms with Crippen molar-refractivity contribution in [3.63, 3.8) is 0 Å². The van der Waals surface area contributed by atoms with Crippen LogP contribution in [0.5, 0.6) is 11.5 Å². The molecule has 3 aromatic carbocycles. The number of nitrogens with one attached hydrogen (secondary N) is 2. The third-order valence-corrected chi connectivity index (χ3v) is 4.64. The Balaban J connectivity index is 1.54. The van der Waals surface area contributed by atoms with Gasteiger partial charge in [0.1, 0.15) is 17.1 Å². The molecule has 2 N–H and O–H groups in total. The highest BCUT2D eigenvalue weighted by Crippen LogP contribution is 2.20. The first-order chi connectivity index (χ1) is 16.0. The molecule has 0 aliphatic carbocycles. The van der Waals surface area contributed by atoms with Gasteiger partial charge >= 0.3 is 17.8 Å². The van der Waals surface area contributed by atoms with Crippen LogP contribution < -0.4 is 20.2 Å². The van der Waals surface area contributed by atoms with Gasteiger partial charge in [-0.15, -0.1) is 0 Å². The summed E-state index contributed by atoms with van der Waals surface area (Å²) in [5, 5.41) is 6.50. The van der Waals surface area contributed by atoms with E-state index >= 15 is 0 Å². The number of carbonyl (C=O) groups excluding carboxylic acids is 3. The number of hydrogen-bond acceptors (Lipinski definition) is 6. The molecule has 0 saturated heterocycles. The molecule has 168 valence electrons. The summed E-state index contributed by atoms with van der Waals surface area (Å²) in [4.78, 5) is 36.3. The van der Waals surface area contributed by atoms with Crippen LogP contribution >= 0.6 is 0 Å². The number of benzene rings is 3. The number of hydrazone groups is 1. The monoisotopic (exact) mass is 445 g/mol. The van der Waals surface area contributed by atoms with E-state index < -0.39 is 17.8 Å². The van der Waals surface area contributed by atoms with Crippen LogP contribution in [0, 0.1) is 0 Å². The summed E-state index contributed by atoms with van der Waals surface area (Å²) in [6.07, 6.45) is 0. The number of amides is 2. The third-order valence-electron chi connectivity index (χ3n) is 4.64. The number of carbonyl (C=O) groups is 3. The molecular weight excluding hydrogens is 422 g/mol. The quantitative estimate of drug-likeness (QED) is 0.191. The number of methoxy groups -OCH3 is 1. The molecule has 0 aromatic heterocycles. The first kappa shape index (κ1) is 23.2. The highest BCUT2D eigenvalue weighted by atomic mass is 16.5. The summed E-state index contributed by atoms with van der Waals surface area (Å²) in [5.74, 6) is -1.43. The van der Waals surface area contributed by atoms with Gasteiger partial charge in [-0.3, -0.25) is 9.59 Å². The van der Waals surface area contributed by atoms with Gasteiger partial charge in [-0.05, 0) is 54.4 Å². The minimum Gasteiger partial charge on any atom is -0.496 e. The minimum absolute atomic E-state index is 0.241. The molecule has 3 rings (SSSR count). The minimum atomic E-state index is -0.868. The lowest BCUT2D eigenvalue weighted by atomic mass is 10.1. The van der Waals surface area contributed by atoms with Gasteiger partial charge in [0.15, 0.2) is 0 Å². The molecule has 0 bridgehead atoms. The molecule has 0 spiro atoms. The van der Waals surface area contributed by atoms with Crippen molar-refractivity contribution in [3.8, 4) is 11.5 Å². The zero-order valence-corrected chi connectivity index (χ0v) is 18.2. The van der Waals surface area contributed by atoms with E-state index in [9.17, 15) is 14.4 Å². The fourth-order valence-corrected chi connectivity index (χ4v) is 2.85. The van der Waals surface area contributed by atoms with Gasteiger partial charge in [0.25, 0.3) is 0 Å². The van der Waals surface area contributed by atoms with Crippen molar-refractivity contribution in [2.75, 3.05) is 7.11 Å². The summed E-state index contributed by atoms with van der Waals surface area (Å²) in [6, 6.07) is 22.6. The van der Waals surface area contributed by atoms with Gasteiger partial charge in [-0.1, -0.05) is 42.5 Å². The average Bonchev–Trinajstić information content (AvgIpc) is 2.86. The molecule has 0 aliphatic heterocycles. The Bertz CT molecular complexity index is 1160. The Hall–Kier alpha value is -4.46. The zero-order chi connectivity index (χ0) is 23.6. The Morgan fingerprint density at radius 2 is 1.52 bits per heavy atom. The Morgan fingerprint density at radius 1 is 0.848 bits per heavy atom. The van der Waals surface area contributed by atoms with Gasteiger partial charge in [0.2, 0.25) is 0 Å². The lowest BCUT2D eigenvalue weighted by molar-refractivity contribution is -0.139. The van der Waals surface area contributed by atoms with E-state index in [2.05, 4.69) is 15.8 Å². The molecule has 2 amide bonds. The first-order valence-electron chi connectivity index (χ1n) is 10.1. The normalized spacial score (nSPS) is 10.8. The van der Waals surface area contributed by atoms with Crippen LogP contribution in [0.4, 0.5) is 0 Å². The molecule has 0 saturated carbocycles. The van der Waals surface area contributed by atoms with Crippen molar-refractivity contribution in [1.82, 2.24) is 10.7 Å². The number of rotatable bonds is 7. The highest BCUT2D eigenvalue weighted by Gasteiger charge is 2.15. The topological polar surface area (TPSA) is 106 Å². The maximum absolute atomic E-state index is 12.4. The zero-order valence-electron chi connectivity index (χ0n) is 18.2. The first-order valence-corrected chi connectivity index (χ1v) is 10.1. The van der Waals surface area contributed by atoms with E-state index in [0.717, 1.165) is 5.56 Å². The Labute approximate surface area is 191 Å². The maximum Gasteiger partial charge on any atom is 0.347 e. The van der Waals surface area contributed by atoms with E-state index in [1.165, 1.54) is 7.11 Å². The second-order valence-electron chi connectivity index (χ2n) is 6.92. The molecule has 0 radical (unpaired) electrons. The molecule has 3 aromatic rings. The lowest BCUT2D eigenvalue weighted by Crippen LogP contribution is -2.37. The molecule has 0 aliphatic rings. The molecule has 0 fully saturated rings. The van der Waals surface area contributed by atoms with Crippen molar-refractivity contribution in [2.24, 2.45) is 5.10 Å². The van der Waals surface area contributed by atoms with Crippen LogP contribution in [0.2, 0.25) is 0 Å². The summed E-state index contributed by atoms with van der Waals surface area (Å²) in [6.45, 7) is 1.92. The van der Waals surface area contributed by atoms with Crippen molar-refractivity contribution in [1.29, 1.82) is 0 Å². The number of hydrogen-bond donors (Lipinski definition) is 2. The Kier molecular flexibility index (Phi) is 7.91. The number of nitrogens with zero attached hydrogens (tertiary/aromatic N) is 1. The maximum atomic E-state index is 12.4. The van der Waals surface area contributed by atoms with Gasteiger partial charge in [-0.25, -0.2) is 10.2 Å². The summed E-state index contributed by atoms with van der Waals surface area (Å²) < 4.78 is 10.6. The summed E-state index contributed by atoms with van der Waals surface area (Å²) in [5.41, 5.74) is 4.58. The van der Waals surface area contributed by atoms with Crippen LogP contribution in [-0.4, -0.2) is 30.6 Å². The summed E-state index contributed by atoms with van der Waals surface area (Å²) in [7, 11) is 1.48. The molecule has 8 heteroatoms. The molecule has 33 heavy (non-hydrogen) atoms. The van der Waals surface area contributed by atoms with E-state index in [1.807, 2.05) is 30.3 Å². The summed E-state index contributed by atoms with van der Waals surface area (Å²) >= 11 is 0. The number of esters is 1. The molecule has 0 unspecified atom stereocenters. The molecular formula is C25H23N3O5. The molecule has 0 atom stereocenters. The van der Waals surface area contributed by atoms with E-state index in [-0.39, 0.29) is 6.54 Å². The van der Waals surface area contributed by atoms with Crippen molar-refractivity contribution >= 4 is 23.5 Å². The lowest BCUT2D eigenvalue weighted by Gasteiger charge is -2.09. The molecule has 8 nitrogen and oxygen atoms in total. The standard InChI is InChI=1S/C25H23N3O5/c1-17(27-28-24(30)23(29)26-16-18-8-4-3-5-9-18)19-12-14-20(15-13-19)33-25(31)21-10-6-7-11-22(21)32-2/h3-15H,16H2,1-2H3,(H,26,29)(H,28,30)/b27-17+. The Morgan fingerprint density at radius 3 is 2.21 bits per heavy atom.